The van der Waals surface area contributed by atoms with E-state index in [9.17, 15) is 0 Å². The van der Waals surface area contributed by atoms with E-state index in [1.807, 2.05) is 11.3 Å². The molecule has 0 saturated heterocycles. The van der Waals surface area contributed by atoms with Crippen molar-refractivity contribution in [2.45, 2.75) is 40.3 Å². The van der Waals surface area contributed by atoms with Crippen LogP contribution in [0.5, 0.6) is 0 Å². The van der Waals surface area contributed by atoms with Crippen LogP contribution in [0.1, 0.15) is 32.6 Å². The fraction of sp³-hybridized carbons (Fsp3) is 0.714. The molecule has 1 unspecified atom stereocenters. The Balaban J connectivity index is 2.22. The Hall–Kier alpha value is -0.380. The van der Waals surface area contributed by atoms with Crippen molar-refractivity contribution < 1.29 is 0 Å². The maximum Gasteiger partial charge on any atom is 0.0300 e. The summed E-state index contributed by atoms with van der Waals surface area (Å²) in [5.41, 5.74) is 0.372. The van der Waals surface area contributed by atoms with E-state index in [-0.39, 0.29) is 0 Å². The first-order chi connectivity index (χ1) is 7.88. The van der Waals surface area contributed by atoms with E-state index < -0.39 is 0 Å². The minimum Gasteiger partial charge on any atom is -0.310 e. The van der Waals surface area contributed by atoms with Gasteiger partial charge < -0.3 is 10.2 Å². The minimum absolute atomic E-state index is 0.372. The highest BCUT2D eigenvalue weighted by atomic mass is 32.1. The predicted octanol–water partition coefficient (Wildman–Crippen LogP) is 3.20. The van der Waals surface area contributed by atoms with Gasteiger partial charge in [-0.1, -0.05) is 26.8 Å². The van der Waals surface area contributed by atoms with Crippen LogP contribution < -0.4 is 5.32 Å². The monoisotopic (exact) mass is 254 g/mol. The second-order valence-electron chi connectivity index (χ2n) is 6.04. The Morgan fingerprint density at radius 3 is 2.65 bits per heavy atom. The molecule has 0 aromatic carbocycles. The first kappa shape index (κ1) is 14.7. The molecule has 0 aliphatic rings. The highest BCUT2D eigenvalue weighted by Crippen LogP contribution is 2.15. The van der Waals surface area contributed by atoms with E-state index in [0.717, 1.165) is 19.6 Å². The molecule has 0 spiro atoms. The van der Waals surface area contributed by atoms with Crippen molar-refractivity contribution in [1.29, 1.82) is 0 Å². The van der Waals surface area contributed by atoms with Crippen molar-refractivity contribution in [3.8, 4) is 0 Å². The summed E-state index contributed by atoms with van der Waals surface area (Å²) in [5, 5.41) is 5.65. The van der Waals surface area contributed by atoms with Crippen molar-refractivity contribution in [3.63, 3.8) is 0 Å². The molecule has 1 N–H and O–H groups in total. The first-order valence-corrected chi connectivity index (χ1v) is 7.20. The lowest BCUT2D eigenvalue weighted by Crippen LogP contribution is -2.41. The van der Waals surface area contributed by atoms with Crippen molar-refractivity contribution in [2.75, 3.05) is 20.1 Å². The molecular weight excluding hydrogens is 228 g/mol. The van der Waals surface area contributed by atoms with Crippen LogP contribution in [-0.2, 0) is 6.54 Å². The quantitative estimate of drug-likeness (QED) is 0.838. The molecule has 0 saturated carbocycles. The van der Waals surface area contributed by atoms with Gasteiger partial charge in [0.25, 0.3) is 0 Å². The zero-order valence-corrected chi connectivity index (χ0v) is 12.6. The molecule has 1 heterocycles. The van der Waals surface area contributed by atoms with Gasteiger partial charge in [-0.25, -0.2) is 0 Å². The molecule has 1 aromatic heterocycles. The lowest BCUT2D eigenvalue weighted by atomic mass is 9.96. The van der Waals surface area contributed by atoms with E-state index in [2.05, 4.69) is 62.5 Å². The van der Waals surface area contributed by atoms with Gasteiger partial charge in [0, 0.05) is 30.6 Å². The van der Waals surface area contributed by atoms with Crippen LogP contribution in [0.3, 0.4) is 0 Å². The Bertz CT molecular complexity index is 301. The van der Waals surface area contributed by atoms with Gasteiger partial charge in [-0.05, 0) is 30.8 Å². The van der Waals surface area contributed by atoms with Crippen molar-refractivity contribution in [1.82, 2.24) is 10.2 Å². The first-order valence-electron chi connectivity index (χ1n) is 6.32. The maximum absolute atomic E-state index is 3.52. The standard InChI is InChI=1S/C14H26N2S/c1-12(16(5)11-14(2,3)4)9-15-10-13-7-6-8-17-13/h6-8,12,15H,9-11H2,1-5H3. The number of likely N-dealkylation sites (N-methyl/N-ethyl adjacent to an activating group) is 1. The van der Waals surface area contributed by atoms with Gasteiger partial charge >= 0.3 is 0 Å². The third-order valence-electron chi connectivity index (χ3n) is 2.80. The van der Waals surface area contributed by atoms with Gasteiger partial charge in [0.15, 0.2) is 0 Å². The Morgan fingerprint density at radius 1 is 1.41 bits per heavy atom. The average Bonchev–Trinajstić information content (AvgIpc) is 2.67. The number of rotatable bonds is 6. The molecule has 17 heavy (non-hydrogen) atoms. The summed E-state index contributed by atoms with van der Waals surface area (Å²) in [5.74, 6) is 0. The molecular formula is C14H26N2S. The molecule has 0 radical (unpaired) electrons. The minimum atomic E-state index is 0.372. The molecule has 3 heteroatoms. The summed E-state index contributed by atoms with van der Waals surface area (Å²) in [6, 6.07) is 4.87. The van der Waals surface area contributed by atoms with E-state index in [1.54, 1.807) is 0 Å². The molecule has 0 aliphatic heterocycles. The summed E-state index contributed by atoms with van der Waals surface area (Å²) in [6.45, 7) is 12.3. The van der Waals surface area contributed by atoms with E-state index in [4.69, 9.17) is 0 Å². The van der Waals surface area contributed by atoms with Crippen LogP contribution in [-0.4, -0.2) is 31.1 Å². The number of nitrogens with zero attached hydrogens (tertiary/aromatic N) is 1. The summed E-state index contributed by atoms with van der Waals surface area (Å²) in [6.07, 6.45) is 0. The second-order valence-corrected chi connectivity index (χ2v) is 7.07. The molecule has 1 aromatic rings. The topological polar surface area (TPSA) is 15.3 Å². The van der Waals surface area contributed by atoms with Gasteiger partial charge in [-0.3, -0.25) is 0 Å². The fourth-order valence-electron chi connectivity index (χ4n) is 1.88. The summed E-state index contributed by atoms with van der Waals surface area (Å²) in [7, 11) is 2.21. The molecule has 98 valence electrons. The van der Waals surface area contributed by atoms with Crippen LogP contribution in [0, 0.1) is 5.41 Å². The smallest absolute Gasteiger partial charge is 0.0300 e. The lowest BCUT2D eigenvalue weighted by Gasteiger charge is -2.31. The highest BCUT2D eigenvalue weighted by molar-refractivity contribution is 7.09. The van der Waals surface area contributed by atoms with Gasteiger partial charge in [-0.2, -0.15) is 0 Å². The van der Waals surface area contributed by atoms with Crippen molar-refractivity contribution in [2.24, 2.45) is 5.41 Å². The highest BCUT2D eigenvalue weighted by Gasteiger charge is 2.17. The van der Waals surface area contributed by atoms with E-state index in [1.165, 1.54) is 4.88 Å². The Labute approximate surface area is 110 Å². The lowest BCUT2D eigenvalue weighted by molar-refractivity contribution is 0.178. The van der Waals surface area contributed by atoms with Gasteiger partial charge in [0.2, 0.25) is 0 Å². The average molecular weight is 254 g/mol. The van der Waals surface area contributed by atoms with Crippen molar-refractivity contribution in [3.05, 3.63) is 22.4 Å². The molecule has 2 nitrogen and oxygen atoms in total. The SMILES string of the molecule is CC(CNCc1cccs1)N(C)CC(C)(C)C. The summed E-state index contributed by atoms with van der Waals surface area (Å²) >= 11 is 1.82. The number of nitrogens with one attached hydrogen (secondary N) is 1. The summed E-state index contributed by atoms with van der Waals surface area (Å²) < 4.78 is 0. The molecule has 1 atom stereocenters. The number of thiophene rings is 1. The normalized spacial score (nSPS) is 14.2. The van der Waals surface area contributed by atoms with Crippen LogP contribution in [0.4, 0.5) is 0 Å². The second kappa shape index (κ2) is 6.53. The predicted molar refractivity (Wildman–Crippen MR) is 77.6 cm³/mol. The number of hydrogen-bond acceptors (Lipinski definition) is 3. The molecule has 1 rings (SSSR count). The summed E-state index contributed by atoms with van der Waals surface area (Å²) in [4.78, 5) is 3.84. The third kappa shape index (κ3) is 6.20. The molecule has 0 bridgehead atoms. The Morgan fingerprint density at radius 2 is 2.12 bits per heavy atom. The molecule has 0 aliphatic carbocycles. The van der Waals surface area contributed by atoms with Crippen LogP contribution >= 0.6 is 11.3 Å². The zero-order chi connectivity index (χ0) is 12.9. The van der Waals surface area contributed by atoms with E-state index >= 15 is 0 Å². The van der Waals surface area contributed by atoms with Crippen LogP contribution in [0.15, 0.2) is 17.5 Å². The van der Waals surface area contributed by atoms with Gasteiger partial charge in [0.1, 0.15) is 0 Å². The van der Waals surface area contributed by atoms with E-state index in [0.29, 0.717) is 11.5 Å². The van der Waals surface area contributed by atoms with Crippen molar-refractivity contribution >= 4 is 11.3 Å². The fourth-order valence-corrected chi connectivity index (χ4v) is 2.55. The third-order valence-corrected chi connectivity index (χ3v) is 3.67. The van der Waals surface area contributed by atoms with Gasteiger partial charge in [-0.15, -0.1) is 11.3 Å². The number of hydrogen-bond donors (Lipinski definition) is 1. The van der Waals surface area contributed by atoms with Crippen LogP contribution in [0.25, 0.3) is 0 Å². The zero-order valence-electron chi connectivity index (χ0n) is 11.8. The molecule has 0 fully saturated rings. The largest absolute Gasteiger partial charge is 0.310 e. The van der Waals surface area contributed by atoms with Crippen LogP contribution in [0.2, 0.25) is 0 Å². The van der Waals surface area contributed by atoms with Gasteiger partial charge in [0.05, 0.1) is 0 Å². The molecule has 0 amide bonds. The maximum atomic E-state index is 3.52. The Kier molecular flexibility index (Phi) is 5.63.